The molecule has 2 atom stereocenters. The second-order valence-corrected chi connectivity index (χ2v) is 6.12. The molecule has 2 aromatic rings. The fourth-order valence-corrected chi connectivity index (χ4v) is 2.71. The molecule has 27 heavy (non-hydrogen) atoms. The monoisotopic (exact) mass is 368 g/mol. The van der Waals surface area contributed by atoms with Crippen LogP contribution in [0.2, 0.25) is 6.32 Å². The molecule has 2 unspecified atom stereocenters. The van der Waals surface area contributed by atoms with E-state index in [-0.39, 0.29) is 13.2 Å². The first kappa shape index (κ1) is 19.1. The number of carbonyl (C=O) groups excluding carboxylic acids is 2. The summed E-state index contributed by atoms with van der Waals surface area (Å²) in [4.78, 5) is 24.2. The molecule has 140 valence electrons. The SMILES string of the molecule is CCB1OC(COC(=O)c2ccccc2)C(COC(=O)c2ccccc2)O1. The molecule has 7 heteroatoms. The normalized spacial score (nSPS) is 18.9. The fourth-order valence-electron chi connectivity index (χ4n) is 2.71. The van der Waals surface area contributed by atoms with Crippen LogP contribution in [0.25, 0.3) is 0 Å². The van der Waals surface area contributed by atoms with Gasteiger partial charge in [-0.15, -0.1) is 0 Å². The summed E-state index contributed by atoms with van der Waals surface area (Å²) >= 11 is 0. The Morgan fingerprint density at radius 1 is 0.815 bits per heavy atom. The molecule has 0 spiro atoms. The standard InChI is InChI=1S/C20H21BO6/c1-2-21-26-17(13-24-19(22)15-9-5-3-6-10-15)18(27-21)14-25-20(23)16-11-7-4-8-12-16/h3-12,17-18H,2,13-14H2,1H3. The zero-order chi connectivity index (χ0) is 19.1. The van der Waals surface area contributed by atoms with Crippen molar-refractivity contribution in [1.29, 1.82) is 0 Å². The lowest BCUT2D eigenvalue weighted by Gasteiger charge is -2.18. The first-order valence-corrected chi connectivity index (χ1v) is 8.92. The van der Waals surface area contributed by atoms with E-state index in [9.17, 15) is 9.59 Å². The fraction of sp³-hybridized carbons (Fsp3) is 0.300. The second-order valence-electron chi connectivity index (χ2n) is 6.12. The molecule has 1 aliphatic heterocycles. The molecule has 0 saturated carbocycles. The number of benzene rings is 2. The number of carbonyl (C=O) groups is 2. The van der Waals surface area contributed by atoms with Crippen LogP contribution in [0.5, 0.6) is 0 Å². The lowest BCUT2D eigenvalue weighted by molar-refractivity contribution is 0.00330. The summed E-state index contributed by atoms with van der Waals surface area (Å²) < 4.78 is 22.2. The molecule has 1 aliphatic rings. The second kappa shape index (κ2) is 9.34. The Labute approximate surface area is 158 Å². The van der Waals surface area contributed by atoms with Crippen LogP contribution in [-0.4, -0.2) is 44.5 Å². The quantitative estimate of drug-likeness (QED) is 0.553. The lowest BCUT2D eigenvalue weighted by Crippen LogP contribution is -2.33. The Bertz CT molecular complexity index is 688. The van der Waals surface area contributed by atoms with E-state index >= 15 is 0 Å². The van der Waals surface area contributed by atoms with Crippen molar-refractivity contribution < 1.29 is 28.4 Å². The van der Waals surface area contributed by atoms with Gasteiger partial charge in [0.2, 0.25) is 0 Å². The molecule has 3 rings (SSSR count). The van der Waals surface area contributed by atoms with Gasteiger partial charge in [0.25, 0.3) is 0 Å². The number of rotatable bonds is 7. The lowest BCUT2D eigenvalue weighted by atomic mass is 9.87. The average Bonchev–Trinajstić information content (AvgIpc) is 3.13. The van der Waals surface area contributed by atoms with Crippen LogP contribution in [0.1, 0.15) is 27.6 Å². The van der Waals surface area contributed by atoms with Gasteiger partial charge in [-0.2, -0.15) is 0 Å². The zero-order valence-corrected chi connectivity index (χ0v) is 15.1. The van der Waals surface area contributed by atoms with Crippen LogP contribution in [0.3, 0.4) is 0 Å². The van der Waals surface area contributed by atoms with Crippen LogP contribution in [0.15, 0.2) is 60.7 Å². The molecule has 0 aromatic heterocycles. The van der Waals surface area contributed by atoms with Crippen LogP contribution < -0.4 is 0 Å². The first-order valence-electron chi connectivity index (χ1n) is 8.92. The highest BCUT2D eigenvalue weighted by Gasteiger charge is 2.40. The van der Waals surface area contributed by atoms with E-state index in [4.69, 9.17) is 18.8 Å². The number of hydrogen-bond donors (Lipinski definition) is 0. The van der Waals surface area contributed by atoms with Crippen molar-refractivity contribution >= 4 is 19.1 Å². The van der Waals surface area contributed by atoms with Gasteiger partial charge in [-0.1, -0.05) is 43.3 Å². The third-order valence-corrected chi connectivity index (χ3v) is 4.18. The van der Waals surface area contributed by atoms with E-state index in [1.54, 1.807) is 48.5 Å². The molecule has 1 heterocycles. The summed E-state index contributed by atoms with van der Waals surface area (Å²) in [5, 5.41) is 0. The molecular weight excluding hydrogens is 347 g/mol. The first-order chi connectivity index (χ1) is 13.2. The molecule has 0 aliphatic carbocycles. The van der Waals surface area contributed by atoms with Gasteiger partial charge in [0.1, 0.15) is 25.4 Å². The van der Waals surface area contributed by atoms with Crippen molar-refractivity contribution in [3.63, 3.8) is 0 Å². The highest BCUT2D eigenvalue weighted by Crippen LogP contribution is 2.21. The summed E-state index contributed by atoms with van der Waals surface area (Å²) in [5.74, 6) is -0.863. The van der Waals surface area contributed by atoms with Crippen molar-refractivity contribution in [2.24, 2.45) is 0 Å². The van der Waals surface area contributed by atoms with Gasteiger partial charge in [-0.05, 0) is 30.6 Å². The van der Waals surface area contributed by atoms with Gasteiger partial charge in [0, 0.05) is 0 Å². The Morgan fingerprint density at radius 2 is 1.22 bits per heavy atom. The van der Waals surface area contributed by atoms with E-state index < -0.39 is 31.3 Å². The highest BCUT2D eigenvalue weighted by atomic mass is 16.7. The van der Waals surface area contributed by atoms with Crippen molar-refractivity contribution in [3.05, 3.63) is 71.8 Å². The third-order valence-electron chi connectivity index (χ3n) is 4.18. The van der Waals surface area contributed by atoms with E-state index in [0.29, 0.717) is 17.4 Å². The van der Waals surface area contributed by atoms with Crippen LogP contribution >= 0.6 is 0 Å². The molecule has 2 aromatic carbocycles. The third kappa shape index (κ3) is 5.18. The topological polar surface area (TPSA) is 71.1 Å². The Balaban J connectivity index is 1.54. The van der Waals surface area contributed by atoms with Crippen molar-refractivity contribution in [1.82, 2.24) is 0 Å². The Hall–Kier alpha value is -2.64. The van der Waals surface area contributed by atoms with Crippen LogP contribution in [0, 0.1) is 0 Å². The summed E-state index contributed by atoms with van der Waals surface area (Å²) in [7, 11) is -0.411. The van der Waals surface area contributed by atoms with Gasteiger partial charge in [0.05, 0.1) is 11.1 Å². The van der Waals surface area contributed by atoms with Crippen molar-refractivity contribution in [2.75, 3.05) is 13.2 Å². The highest BCUT2D eigenvalue weighted by molar-refractivity contribution is 6.45. The summed E-state index contributed by atoms with van der Waals surface area (Å²) in [6.45, 7) is 1.98. The summed E-state index contributed by atoms with van der Waals surface area (Å²) in [5.41, 5.74) is 0.936. The smallest absolute Gasteiger partial charge is 0.457 e. The van der Waals surface area contributed by atoms with Gasteiger partial charge >= 0.3 is 19.1 Å². The maximum atomic E-state index is 12.1. The molecule has 1 saturated heterocycles. The minimum absolute atomic E-state index is 0.0256. The minimum atomic E-state index is -0.494. The van der Waals surface area contributed by atoms with E-state index in [1.807, 2.05) is 19.1 Å². The summed E-state index contributed by atoms with van der Waals surface area (Å²) in [6, 6.07) is 17.5. The van der Waals surface area contributed by atoms with E-state index in [1.165, 1.54) is 0 Å². The molecule has 0 bridgehead atoms. The Morgan fingerprint density at radius 3 is 1.59 bits per heavy atom. The zero-order valence-electron chi connectivity index (χ0n) is 15.1. The summed E-state index contributed by atoms with van der Waals surface area (Å²) in [6.07, 6.45) is -0.343. The Kier molecular flexibility index (Phi) is 6.62. The van der Waals surface area contributed by atoms with Gasteiger partial charge in [-0.3, -0.25) is 0 Å². The van der Waals surface area contributed by atoms with Gasteiger partial charge in [0.15, 0.2) is 0 Å². The maximum Gasteiger partial charge on any atom is 0.457 e. The molecule has 0 N–H and O–H groups in total. The van der Waals surface area contributed by atoms with E-state index in [2.05, 4.69) is 0 Å². The van der Waals surface area contributed by atoms with Gasteiger partial charge < -0.3 is 18.8 Å². The van der Waals surface area contributed by atoms with Crippen molar-refractivity contribution in [2.45, 2.75) is 25.5 Å². The average molecular weight is 368 g/mol. The molecule has 0 amide bonds. The predicted octanol–water partition coefficient (Wildman–Crippen LogP) is 2.99. The maximum absolute atomic E-state index is 12.1. The molecular formula is C20H21BO6. The molecule has 6 nitrogen and oxygen atoms in total. The van der Waals surface area contributed by atoms with E-state index in [0.717, 1.165) is 0 Å². The molecule has 0 radical (unpaired) electrons. The minimum Gasteiger partial charge on any atom is -0.459 e. The number of hydrogen-bond acceptors (Lipinski definition) is 6. The van der Waals surface area contributed by atoms with Gasteiger partial charge in [-0.25, -0.2) is 9.59 Å². The van der Waals surface area contributed by atoms with Crippen LogP contribution in [0.4, 0.5) is 0 Å². The van der Waals surface area contributed by atoms with Crippen molar-refractivity contribution in [3.8, 4) is 0 Å². The predicted molar refractivity (Wildman–Crippen MR) is 99.4 cm³/mol. The number of ether oxygens (including phenoxy) is 2. The molecule has 1 fully saturated rings. The van der Waals surface area contributed by atoms with Crippen LogP contribution in [-0.2, 0) is 18.8 Å². The number of esters is 2. The largest absolute Gasteiger partial charge is 0.459 e.